The molecule has 0 unspecified atom stereocenters. The first kappa shape index (κ1) is 10.9. The number of aromatic nitrogens is 1. The second-order valence-electron chi connectivity index (χ2n) is 2.72. The molecule has 78 valence electrons. The summed E-state index contributed by atoms with van der Waals surface area (Å²) in [5.74, 6) is 0. The lowest BCUT2D eigenvalue weighted by molar-refractivity contribution is -0.140. The fourth-order valence-corrected chi connectivity index (χ4v) is 1.14. The van der Waals surface area contributed by atoms with E-state index in [9.17, 15) is 22.0 Å². The van der Waals surface area contributed by atoms with E-state index in [0.717, 1.165) is 13.1 Å². The molecular formula is C8H6F5N. The number of alkyl halides is 5. The van der Waals surface area contributed by atoms with E-state index in [-0.39, 0.29) is 5.56 Å². The van der Waals surface area contributed by atoms with Gasteiger partial charge in [0.1, 0.15) is 0 Å². The third-order valence-corrected chi connectivity index (χ3v) is 1.68. The maximum absolute atomic E-state index is 12.3. The van der Waals surface area contributed by atoms with E-state index >= 15 is 0 Å². The molecule has 14 heavy (non-hydrogen) atoms. The Hall–Kier alpha value is -1.20. The van der Waals surface area contributed by atoms with Crippen molar-refractivity contribution in [3.8, 4) is 0 Å². The Morgan fingerprint density at radius 1 is 1.21 bits per heavy atom. The quantitative estimate of drug-likeness (QED) is 0.649. The van der Waals surface area contributed by atoms with Gasteiger partial charge < -0.3 is 0 Å². The predicted octanol–water partition coefficient (Wildman–Crippen LogP) is 3.35. The Labute approximate surface area is 76.6 Å². The van der Waals surface area contributed by atoms with E-state index in [0.29, 0.717) is 6.20 Å². The summed E-state index contributed by atoms with van der Waals surface area (Å²) in [6.07, 6.45) is -6.48. The fourth-order valence-electron chi connectivity index (χ4n) is 1.14. The van der Waals surface area contributed by atoms with E-state index in [1.807, 2.05) is 0 Å². The molecule has 0 spiro atoms. The molecule has 1 nitrogen and oxygen atoms in total. The number of halogens is 5. The molecule has 0 aliphatic carbocycles. The van der Waals surface area contributed by atoms with Gasteiger partial charge in [0.25, 0.3) is 6.43 Å². The van der Waals surface area contributed by atoms with Gasteiger partial charge in [-0.05, 0) is 12.5 Å². The van der Waals surface area contributed by atoms with E-state index in [2.05, 4.69) is 4.98 Å². The van der Waals surface area contributed by atoms with Gasteiger partial charge in [0, 0.05) is 18.0 Å². The van der Waals surface area contributed by atoms with Crippen molar-refractivity contribution in [2.45, 2.75) is 19.5 Å². The predicted molar refractivity (Wildman–Crippen MR) is 38.9 cm³/mol. The zero-order valence-electron chi connectivity index (χ0n) is 7.07. The van der Waals surface area contributed by atoms with Crippen LogP contribution < -0.4 is 0 Å². The first-order chi connectivity index (χ1) is 6.34. The highest BCUT2D eigenvalue weighted by molar-refractivity contribution is 5.34. The van der Waals surface area contributed by atoms with Crippen molar-refractivity contribution >= 4 is 0 Å². The second-order valence-corrected chi connectivity index (χ2v) is 2.72. The summed E-state index contributed by atoms with van der Waals surface area (Å²) >= 11 is 0. The molecule has 1 heterocycles. The van der Waals surface area contributed by atoms with Crippen LogP contribution in [-0.2, 0) is 6.18 Å². The Morgan fingerprint density at radius 2 is 1.79 bits per heavy atom. The summed E-state index contributed by atoms with van der Waals surface area (Å²) < 4.78 is 61.3. The van der Waals surface area contributed by atoms with Crippen LogP contribution in [0.4, 0.5) is 22.0 Å². The van der Waals surface area contributed by atoms with Crippen LogP contribution in [0.15, 0.2) is 12.4 Å². The van der Waals surface area contributed by atoms with Crippen LogP contribution in [0.5, 0.6) is 0 Å². The smallest absolute Gasteiger partial charge is 0.264 e. The third-order valence-electron chi connectivity index (χ3n) is 1.68. The summed E-state index contributed by atoms with van der Waals surface area (Å²) in [6, 6.07) is 0. The zero-order valence-corrected chi connectivity index (χ0v) is 7.07. The van der Waals surface area contributed by atoms with Crippen LogP contribution in [0.2, 0.25) is 0 Å². The minimum Gasteiger partial charge on any atom is -0.264 e. The third kappa shape index (κ3) is 2.00. The summed E-state index contributed by atoms with van der Waals surface area (Å²) in [7, 11) is 0. The van der Waals surface area contributed by atoms with Crippen LogP contribution in [0.3, 0.4) is 0 Å². The van der Waals surface area contributed by atoms with Gasteiger partial charge in [0.15, 0.2) is 0 Å². The number of hydrogen-bond donors (Lipinski definition) is 0. The van der Waals surface area contributed by atoms with Crippen molar-refractivity contribution in [2.75, 3.05) is 0 Å². The number of pyridine rings is 1. The zero-order chi connectivity index (χ0) is 10.9. The molecule has 1 aromatic rings. The largest absolute Gasteiger partial charge is 0.417 e. The number of hydrogen-bond acceptors (Lipinski definition) is 1. The number of nitrogens with zero attached hydrogens (tertiary/aromatic N) is 1. The minimum absolute atomic E-state index is 0.296. The molecule has 0 bridgehead atoms. The van der Waals surface area contributed by atoms with Crippen LogP contribution in [-0.4, -0.2) is 4.98 Å². The van der Waals surface area contributed by atoms with E-state index in [1.165, 1.54) is 0 Å². The molecule has 0 saturated carbocycles. The van der Waals surface area contributed by atoms with Crippen molar-refractivity contribution < 1.29 is 22.0 Å². The highest BCUT2D eigenvalue weighted by atomic mass is 19.4. The van der Waals surface area contributed by atoms with Gasteiger partial charge >= 0.3 is 6.18 Å². The summed E-state index contributed by atoms with van der Waals surface area (Å²) in [4.78, 5) is 3.30. The van der Waals surface area contributed by atoms with Gasteiger partial charge in [-0.3, -0.25) is 4.98 Å². The van der Waals surface area contributed by atoms with Gasteiger partial charge in [0.2, 0.25) is 0 Å². The van der Waals surface area contributed by atoms with Crippen LogP contribution in [0.25, 0.3) is 0 Å². The normalized spacial score (nSPS) is 12.2. The van der Waals surface area contributed by atoms with E-state index in [4.69, 9.17) is 0 Å². The molecule has 0 atom stereocenters. The molecule has 0 aliphatic rings. The minimum atomic E-state index is -4.77. The number of rotatable bonds is 1. The lowest BCUT2D eigenvalue weighted by Gasteiger charge is -2.13. The molecule has 0 N–H and O–H groups in total. The molecule has 0 saturated heterocycles. The molecule has 0 aliphatic heterocycles. The van der Waals surface area contributed by atoms with Crippen LogP contribution in [0, 0.1) is 6.92 Å². The van der Waals surface area contributed by atoms with Gasteiger partial charge in [-0.2, -0.15) is 13.2 Å². The van der Waals surface area contributed by atoms with Gasteiger partial charge in [-0.1, -0.05) is 0 Å². The molecule has 6 heteroatoms. The molecular weight excluding hydrogens is 205 g/mol. The maximum Gasteiger partial charge on any atom is 0.417 e. The van der Waals surface area contributed by atoms with Crippen LogP contribution >= 0.6 is 0 Å². The second kappa shape index (κ2) is 3.51. The molecule has 0 radical (unpaired) electrons. The van der Waals surface area contributed by atoms with E-state index in [1.54, 1.807) is 0 Å². The SMILES string of the molecule is Cc1cncc(C(F)F)c1C(F)(F)F. The summed E-state index contributed by atoms with van der Waals surface area (Å²) in [5.41, 5.74) is -2.66. The highest BCUT2D eigenvalue weighted by Gasteiger charge is 2.37. The average Bonchev–Trinajstić information content (AvgIpc) is 2.01. The van der Waals surface area contributed by atoms with Crippen LogP contribution in [0.1, 0.15) is 23.1 Å². The molecule has 0 aromatic carbocycles. The first-order valence-electron chi connectivity index (χ1n) is 3.64. The van der Waals surface area contributed by atoms with Crippen molar-refractivity contribution in [1.29, 1.82) is 0 Å². The Bertz CT molecular complexity index is 331. The van der Waals surface area contributed by atoms with Crippen molar-refractivity contribution in [3.05, 3.63) is 29.1 Å². The van der Waals surface area contributed by atoms with Gasteiger partial charge in [0.05, 0.1) is 5.56 Å². The lowest BCUT2D eigenvalue weighted by atomic mass is 10.1. The van der Waals surface area contributed by atoms with E-state index < -0.39 is 23.7 Å². The molecule has 0 amide bonds. The topological polar surface area (TPSA) is 12.9 Å². The van der Waals surface area contributed by atoms with Crippen molar-refractivity contribution in [3.63, 3.8) is 0 Å². The summed E-state index contributed by atoms with van der Waals surface area (Å²) in [6.45, 7) is 1.10. The Kier molecular flexibility index (Phi) is 2.73. The highest BCUT2D eigenvalue weighted by Crippen LogP contribution is 2.37. The maximum atomic E-state index is 12.3. The lowest BCUT2D eigenvalue weighted by Crippen LogP contribution is -2.12. The Balaban J connectivity index is 3.38. The van der Waals surface area contributed by atoms with Crippen molar-refractivity contribution in [1.82, 2.24) is 4.98 Å². The average molecular weight is 211 g/mol. The molecule has 1 rings (SSSR count). The standard InChI is InChI=1S/C8H6F5N/c1-4-2-14-3-5(7(9)10)6(4)8(11,12)13/h2-3,7H,1H3. The Morgan fingerprint density at radius 3 is 2.14 bits per heavy atom. The van der Waals surface area contributed by atoms with Gasteiger partial charge in [-0.15, -0.1) is 0 Å². The van der Waals surface area contributed by atoms with Crippen molar-refractivity contribution in [2.24, 2.45) is 0 Å². The monoisotopic (exact) mass is 211 g/mol. The number of aryl methyl sites for hydroxylation is 1. The molecule has 1 aromatic heterocycles. The first-order valence-corrected chi connectivity index (χ1v) is 3.64. The molecule has 0 fully saturated rings. The fraction of sp³-hybridized carbons (Fsp3) is 0.375. The van der Waals surface area contributed by atoms with Gasteiger partial charge in [-0.25, -0.2) is 8.78 Å². The summed E-state index contributed by atoms with van der Waals surface area (Å²) in [5, 5.41) is 0.